The Morgan fingerprint density at radius 3 is 2.68 bits per heavy atom. The molecule has 0 radical (unpaired) electrons. The maximum atomic E-state index is 13.0. The van der Waals surface area contributed by atoms with E-state index in [-0.39, 0.29) is 17.9 Å². The summed E-state index contributed by atoms with van der Waals surface area (Å²) in [7, 11) is 2.14. The molecule has 9 heteroatoms. The van der Waals surface area contributed by atoms with E-state index in [4.69, 9.17) is 0 Å². The third-order valence-electron chi connectivity index (χ3n) is 10.8. The molecular formula is C28H50N6O3+2. The van der Waals surface area contributed by atoms with Gasteiger partial charge in [-0.2, -0.15) is 0 Å². The van der Waals surface area contributed by atoms with Gasteiger partial charge in [0.15, 0.2) is 5.78 Å². The van der Waals surface area contributed by atoms with Crippen LogP contribution >= 0.6 is 0 Å². The van der Waals surface area contributed by atoms with Gasteiger partial charge in [0.05, 0.1) is 38.3 Å². The molecule has 0 saturated carbocycles. The third kappa shape index (κ3) is 5.50. The maximum absolute atomic E-state index is 13.0. The zero-order valence-electron chi connectivity index (χ0n) is 22.9. The Bertz CT molecular complexity index is 829. The molecule has 0 aliphatic carbocycles. The number of aliphatic hydroxyl groups is 1. The van der Waals surface area contributed by atoms with Crippen molar-refractivity contribution in [3.05, 3.63) is 0 Å². The molecule has 6 heterocycles. The normalized spacial score (nSPS) is 42.6. The number of hydrogen-bond donors (Lipinski definition) is 3. The lowest BCUT2D eigenvalue weighted by atomic mass is 9.75. The van der Waals surface area contributed by atoms with E-state index in [1.807, 2.05) is 0 Å². The van der Waals surface area contributed by atoms with E-state index in [2.05, 4.69) is 32.0 Å². The SMILES string of the molecule is CN1C(C[NH+]2C[C@@H]3C[C@@H](C2)C2CCCC(=O)N2C3)CC(=O)C(O)C1CN1CCN(C2CCCC[NH2+]2)CC1. The number of likely N-dealkylation sites (N-methyl/N-ethyl adjacent to an activating group) is 1. The fraction of sp³-hybridized carbons (Fsp3) is 0.929. The average Bonchev–Trinajstić information content (AvgIpc) is 2.91. The summed E-state index contributed by atoms with van der Waals surface area (Å²) in [6, 6.07) is 0.518. The molecule has 0 aromatic heterocycles. The molecule has 0 aromatic carbocycles. The van der Waals surface area contributed by atoms with Gasteiger partial charge in [-0.05, 0) is 39.2 Å². The first-order valence-electron chi connectivity index (χ1n) is 15.3. The Hall–Kier alpha value is -1.10. The minimum absolute atomic E-state index is 0.0317. The molecule has 9 nitrogen and oxygen atoms in total. The largest absolute Gasteiger partial charge is 0.384 e. The number of nitrogens with zero attached hydrogens (tertiary/aromatic N) is 4. The van der Waals surface area contributed by atoms with Crippen molar-refractivity contribution >= 4 is 11.7 Å². The van der Waals surface area contributed by atoms with Crippen molar-refractivity contribution in [3.63, 3.8) is 0 Å². The van der Waals surface area contributed by atoms with Crippen molar-refractivity contribution in [1.82, 2.24) is 19.6 Å². The Kier molecular flexibility index (Phi) is 7.90. The van der Waals surface area contributed by atoms with Crippen molar-refractivity contribution in [2.75, 3.05) is 72.5 Å². The highest BCUT2D eigenvalue weighted by Crippen LogP contribution is 2.34. The summed E-state index contributed by atoms with van der Waals surface area (Å²) in [5, 5.41) is 13.4. The van der Waals surface area contributed by atoms with E-state index in [1.165, 1.54) is 38.6 Å². The molecule has 6 rings (SSSR count). The molecule has 37 heavy (non-hydrogen) atoms. The Morgan fingerprint density at radius 1 is 1.05 bits per heavy atom. The van der Waals surface area contributed by atoms with Crippen LogP contribution in [0.3, 0.4) is 0 Å². The summed E-state index contributed by atoms with van der Waals surface area (Å²) >= 11 is 0. The minimum atomic E-state index is -0.872. The number of amides is 1. The number of hydrogen-bond acceptors (Lipinski definition) is 6. The zero-order chi connectivity index (χ0) is 25.5. The first-order chi connectivity index (χ1) is 18.0. The topological polar surface area (TPSA) is 88.4 Å². The fourth-order valence-corrected chi connectivity index (χ4v) is 8.79. The van der Waals surface area contributed by atoms with Gasteiger partial charge in [-0.25, -0.2) is 0 Å². The van der Waals surface area contributed by atoms with Crippen LogP contribution in [0.1, 0.15) is 51.4 Å². The van der Waals surface area contributed by atoms with Gasteiger partial charge in [-0.15, -0.1) is 0 Å². The minimum Gasteiger partial charge on any atom is -0.384 e. The molecule has 6 fully saturated rings. The van der Waals surface area contributed by atoms with E-state index in [9.17, 15) is 14.7 Å². The van der Waals surface area contributed by atoms with Crippen LogP contribution in [-0.4, -0.2) is 139 Å². The molecule has 6 aliphatic rings. The lowest BCUT2D eigenvalue weighted by Crippen LogP contribution is -3.16. The third-order valence-corrected chi connectivity index (χ3v) is 10.8. The Balaban J connectivity index is 1.04. The lowest BCUT2D eigenvalue weighted by molar-refractivity contribution is -0.916. The molecule has 6 aliphatic heterocycles. The van der Waals surface area contributed by atoms with Crippen LogP contribution in [0.25, 0.3) is 0 Å². The summed E-state index contributed by atoms with van der Waals surface area (Å²) in [5.41, 5.74) is 0. The summed E-state index contributed by atoms with van der Waals surface area (Å²) in [5.74, 6) is 1.61. The predicted octanol–water partition coefficient (Wildman–Crippen LogP) is -2.40. The molecule has 0 spiro atoms. The highest BCUT2D eigenvalue weighted by atomic mass is 16.3. The summed E-state index contributed by atoms with van der Waals surface area (Å²) in [4.78, 5) is 36.8. The number of carbonyl (C=O) groups is 2. The highest BCUT2D eigenvalue weighted by molar-refractivity contribution is 5.85. The van der Waals surface area contributed by atoms with Crippen LogP contribution in [0.2, 0.25) is 0 Å². The van der Waals surface area contributed by atoms with Gasteiger partial charge in [-0.1, -0.05) is 0 Å². The standard InChI is InChI=1S/C28H48N6O3/c1-30-22(18-32-15-20-13-21(17-32)23-5-4-7-27(36)34(23)16-20)14-25(35)28(37)24(30)19-31-9-11-33(12-10-31)26-6-2-3-8-29-26/h20-24,26,28-29,37H,2-19H2,1H3/p+2/t20-,21-,22?,23?,24?,26?,28?/m0/s1. The van der Waals surface area contributed by atoms with E-state index in [1.54, 1.807) is 4.90 Å². The molecular weight excluding hydrogens is 468 g/mol. The van der Waals surface area contributed by atoms with Gasteiger partial charge in [0.25, 0.3) is 0 Å². The smallest absolute Gasteiger partial charge is 0.222 e. The number of nitrogens with one attached hydrogen (secondary N) is 1. The summed E-state index contributed by atoms with van der Waals surface area (Å²) in [6.45, 7) is 10.4. The number of fused-ring (bicyclic) bond motifs is 4. The highest BCUT2D eigenvalue weighted by Gasteiger charge is 2.48. The Labute approximate surface area is 222 Å². The van der Waals surface area contributed by atoms with Gasteiger partial charge in [0.1, 0.15) is 12.3 Å². The fourth-order valence-electron chi connectivity index (χ4n) is 8.79. The number of nitrogens with two attached hydrogens (primary N) is 1. The Morgan fingerprint density at radius 2 is 1.89 bits per heavy atom. The first kappa shape index (κ1) is 26.1. The molecule has 2 bridgehead atoms. The summed E-state index contributed by atoms with van der Waals surface area (Å²) in [6.07, 6.45) is 8.45. The molecule has 4 N–H and O–H groups in total. The van der Waals surface area contributed by atoms with Crippen molar-refractivity contribution < 1.29 is 24.9 Å². The van der Waals surface area contributed by atoms with E-state index >= 15 is 0 Å². The van der Waals surface area contributed by atoms with Gasteiger partial charge >= 0.3 is 0 Å². The number of quaternary nitrogens is 2. The van der Waals surface area contributed by atoms with Crippen molar-refractivity contribution in [3.8, 4) is 0 Å². The van der Waals surface area contributed by atoms with Crippen LogP contribution in [-0.2, 0) is 9.59 Å². The number of carbonyl (C=O) groups excluding carboxylic acids is 2. The van der Waals surface area contributed by atoms with Gasteiger partial charge in [0, 0.05) is 76.4 Å². The van der Waals surface area contributed by atoms with Crippen molar-refractivity contribution in [2.24, 2.45) is 11.8 Å². The van der Waals surface area contributed by atoms with Crippen LogP contribution in [0.15, 0.2) is 0 Å². The number of Topliss-reactive ketones (excluding diaryl/α,β-unsaturated/α-hetero) is 1. The number of piperidine rings is 5. The monoisotopic (exact) mass is 518 g/mol. The second-order valence-electron chi connectivity index (χ2n) is 13.2. The van der Waals surface area contributed by atoms with Crippen molar-refractivity contribution in [2.45, 2.75) is 81.8 Å². The van der Waals surface area contributed by atoms with Gasteiger partial charge in [-0.3, -0.25) is 24.3 Å². The number of piperazine rings is 1. The van der Waals surface area contributed by atoms with E-state index in [0.29, 0.717) is 36.4 Å². The number of ketones is 1. The van der Waals surface area contributed by atoms with Crippen LogP contribution in [0, 0.1) is 11.8 Å². The average molecular weight is 519 g/mol. The number of rotatable bonds is 5. The molecule has 1 amide bonds. The molecule has 6 unspecified atom stereocenters. The second-order valence-corrected chi connectivity index (χ2v) is 13.2. The first-order valence-corrected chi connectivity index (χ1v) is 15.3. The molecule has 6 saturated heterocycles. The van der Waals surface area contributed by atoms with Gasteiger partial charge in [0.2, 0.25) is 5.91 Å². The van der Waals surface area contributed by atoms with Gasteiger partial charge < -0.3 is 20.2 Å². The molecule has 8 atom stereocenters. The number of aliphatic hydroxyl groups excluding tert-OH is 1. The van der Waals surface area contributed by atoms with Crippen LogP contribution in [0.5, 0.6) is 0 Å². The van der Waals surface area contributed by atoms with Crippen LogP contribution in [0.4, 0.5) is 0 Å². The predicted molar refractivity (Wildman–Crippen MR) is 140 cm³/mol. The van der Waals surface area contributed by atoms with E-state index in [0.717, 1.165) is 71.7 Å². The molecule has 0 aromatic rings. The molecule has 208 valence electrons. The zero-order valence-corrected chi connectivity index (χ0v) is 22.9. The number of likely N-dealkylation sites (tertiary alicyclic amines) is 2. The quantitative estimate of drug-likeness (QED) is 0.376. The second kappa shape index (κ2) is 11.2. The van der Waals surface area contributed by atoms with Crippen molar-refractivity contribution in [1.29, 1.82) is 0 Å². The van der Waals surface area contributed by atoms with E-state index < -0.39 is 6.10 Å². The maximum Gasteiger partial charge on any atom is 0.222 e. The lowest BCUT2D eigenvalue weighted by Gasteiger charge is -2.52. The van der Waals surface area contributed by atoms with Crippen LogP contribution < -0.4 is 10.2 Å². The summed E-state index contributed by atoms with van der Waals surface area (Å²) < 4.78 is 0.